The van der Waals surface area contributed by atoms with Crippen LogP contribution in [-0.2, 0) is 0 Å². The fourth-order valence-electron chi connectivity index (χ4n) is 1.33. The van der Waals surface area contributed by atoms with Crippen LogP contribution in [0.2, 0.25) is 0 Å². The molecule has 0 bridgehead atoms. The van der Waals surface area contributed by atoms with Crippen molar-refractivity contribution >= 4 is 30.0 Å². The molecular weight excluding hydrogens is 234 g/mol. The summed E-state index contributed by atoms with van der Waals surface area (Å²) in [5, 5.41) is 3.10. The molecule has 0 atom stereocenters. The molecule has 2 rings (SSSR count). The van der Waals surface area contributed by atoms with Crippen molar-refractivity contribution in [2.24, 2.45) is 5.73 Å². The van der Waals surface area contributed by atoms with Crippen molar-refractivity contribution < 1.29 is 4.79 Å². The number of carbonyl (C=O) groups excluding carboxylic acids is 1. The van der Waals surface area contributed by atoms with E-state index in [1.165, 1.54) is 6.20 Å². The van der Waals surface area contributed by atoms with Crippen molar-refractivity contribution in [3.05, 3.63) is 48.2 Å². The number of nitrogens with zero attached hydrogens (tertiary/aromatic N) is 1. The number of carbonyl (C=O) groups is 1. The van der Waals surface area contributed by atoms with Crippen molar-refractivity contribution in [2.45, 2.75) is 4.90 Å². The number of nitrogens with two attached hydrogens (primary N) is 1. The summed E-state index contributed by atoms with van der Waals surface area (Å²) in [6.45, 7) is 0. The molecule has 1 amide bonds. The Hall–Kier alpha value is -2.01. The third-order valence-electron chi connectivity index (χ3n) is 2.21. The van der Waals surface area contributed by atoms with Gasteiger partial charge in [-0.05, 0) is 24.3 Å². The minimum atomic E-state index is -0.487. The first-order chi connectivity index (χ1) is 8.16. The average molecular weight is 245 g/mol. The molecule has 3 N–H and O–H groups in total. The molecule has 0 aliphatic carbocycles. The monoisotopic (exact) mass is 245 g/mol. The van der Waals surface area contributed by atoms with Gasteiger partial charge in [0.05, 0.1) is 11.3 Å². The molecule has 0 unspecified atom stereocenters. The van der Waals surface area contributed by atoms with Crippen LogP contribution >= 0.6 is 12.6 Å². The Kier molecular flexibility index (Phi) is 3.30. The van der Waals surface area contributed by atoms with Crippen molar-refractivity contribution in [3.8, 4) is 0 Å². The van der Waals surface area contributed by atoms with E-state index in [0.29, 0.717) is 11.4 Å². The summed E-state index contributed by atoms with van der Waals surface area (Å²) in [4.78, 5) is 15.8. The molecule has 0 spiro atoms. The molecule has 0 saturated heterocycles. The van der Waals surface area contributed by atoms with Crippen LogP contribution in [0.25, 0.3) is 0 Å². The number of nitrogens with one attached hydrogen (secondary N) is 1. The fourth-order valence-corrected chi connectivity index (χ4v) is 1.55. The number of hydrogen-bond donors (Lipinski definition) is 3. The van der Waals surface area contributed by atoms with Gasteiger partial charge in [-0.2, -0.15) is 0 Å². The number of para-hydroxylation sites is 1. The largest absolute Gasteiger partial charge is 0.366 e. The van der Waals surface area contributed by atoms with E-state index in [0.717, 1.165) is 10.6 Å². The zero-order valence-electron chi connectivity index (χ0n) is 8.92. The molecule has 1 aromatic heterocycles. The minimum Gasteiger partial charge on any atom is -0.366 e. The van der Waals surface area contributed by atoms with E-state index in [9.17, 15) is 4.79 Å². The van der Waals surface area contributed by atoms with Crippen LogP contribution in [-0.4, -0.2) is 10.9 Å². The van der Waals surface area contributed by atoms with E-state index < -0.39 is 5.91 Å². The number of anilines is 2. The van der Waals surface area contributed by atoms with E-state index in [1.807, 2.05) is 24.3 Å². The summed E-state index contributed by atoms with van der Waals surface area (Å²) in [6.07, 6.45) is 1.44. The number of thiol groups is 1. The van der Waals surface area contributed by atoms with Gasteiger partial charge in [-0.1, -0.05) is 12.1 Å². The summed E-state index contributed by atoms with van der Waals surface area (Å²) >= 11 is 4.32. The second-order valence-corrected chi connectivity index (χ2v) is 3.92. The summed E-state index contributed by atoms with van der Waals surface area (Å²) in [7, 11) is 0. The zero-order valence-corrected chi connectivity index (χ0v) is 9.82. The molecular formula is C12H11N3OS. The molecule has 0 aliphatic heterocycles. The Labute approximate surface area is 104 Å². The second-order valence-electron chi connectivity index (χ2n) is 3.44. The number of primary amides is 1. The van der Waals surface area contributed by atoms with Crippen LogP contribution in [0, 0.1) is 0 Å². The zero-order chi connectivity index (χ0) is 12.3. The van der Waals surface area contributed by atoms with Crippen LogP contribution in [0.15, 0.2) is 47.5 Å². The SMILES string of the molecule is NC(=O)c1ccc(Nc2ccccc2S)nc1. The maximum absolute atomic E-state index is 10.9. The molecule has 0 aliphatic rings. The van der Waals surface area contributed by atoms with Crippen LogP contribution in [0.3, 0.4) is 0 Å². The van der Waals surface area contributed by atoms with Gasteiger partial charge in [0, 0.05) is 11.1 Å². The molecule has 4 nitrogen and oxygen atoms in total. The number of benzene rings is 1. The van der Waals surface area contributed by atoms with Crippen molar-refractivity contribution in [1.29, 1.82) is 0 Å². The fraction of sp³-hybridized carbons (Fsp3) is 0. The second kappa shape index (κ2) is 4.88. The molecule has 86 valence electrons. The highest BCUT2D eigenvalue weighted by molar-refractivity contribution is 7.80. The van der Waals surface area contributed by atoms with E-state index in [-0.39, 0.29) is 0 Å². The lowest BCUT2D eigenvalue weighted by molar-refractivity contribution is 0.1000. The van der Waals surface area contributed by atoms with Gasteiger partial charge >= 0.3 is 0 Å². The van der Waals surface area contributed by atoms with Crippen molar-refractivity contribution in [1.82, 2.24) is 4.98 Å². The number of aromatic nitrogens is 1. The van der Waals surface area contributed by atoms with Crippen LogP contribution in [0.1, 0.15) is 10.4 Å². The lowest BCUT2D eigenvalue weighted by atomic mass is 10.2. The Morgan fingerprint density at radius 1 is 1.24 bits per heavy atom. The topological polar surface area (TPSA) is 68.0 Å². The average Bonchev–Trinajstić information content (AvgIpc) is 2.33. The lowest BCUT2D eigenvalue weighted by Crippen LogP contribution is -2.11. The standard InChI is InChI=1S/C12H11N3OS/c13-12(16)8-5-6-11(14-7-8)15-9-3-1-2-4-10(9)17/h1-7,17H,(H2,13,16)(H,14,15). The third-order valence-corrected chi connectivity index (χ3v) is 2.60. The molecule has 1 heterocycles. The first-order valence-corrected chi connectivity index (χ1v) is 5.42. The van der Waals surface area contributed by atoms with Gasteiger partial charge in [-0.3, -0.25) is 4.79 Å². The summed E-state index contributed by atoms with van der Waals surface area (Å²) < 4.78 is 0. The van der Waals surface area contributed by atoms with Gasteiger partial charge < -0.3 is 11.1 Å². The number of amides is 1. The molecule has 0 saturated carbocycles. The van der Waals surface area contributed by atoms with E-state index in [1.54, 1.807) is 12.1 Å². The van der Waals surface area contributed by atoms with E-state index in [4.69, 9.17) is 5.73 Å². The molecule has 0 fully saturated rings. The van der Waals surface area contributed by atoms with E-state index >= 15 is 0 Å². The van der Waals surface area contributed by atoms with E-state index in [2.05, 4.69) is 22.9 Å². The van der Waals surface area contributed by atoms with Crippen LogP contribution in [0.5, 0.6) is 0 Å². The number of rotatable bonds is 3. The van der Waals surface area contributed by atoms with Crippen molar-refractivity contribution in [3.63, 3.8) is 0 Å². The quantitative estimate of drug-likeness (QED) is 0.726. The predicted octanol–water partition coefficient (Wildman–Crippen LogP) is 2.21. The molecule has 0 radical (unpaired) electrons. The van der Waals surface area contributed by atoms with Crippen molar-refractivity contribution in [2.75, 3.05) is 5.32 Å². The number of hydrogen-bond acceptors (Lipinski definition) is 4. The van der Waals surface area contributed by atoms with Crippen LogP contribution < -0.4 is 11.1 Å². The minimum absolute atomic E-state index is 0.384. The predicted molar refractivity (Wildman–Crippen MR) is 69.7 cm³/mol. The highest BCUT2D eigenvalue weighted by atomic mass is 32.1. The Morgan fingerprint density at radius 3 is 2.59 bits per heavy atom. The smallest absolute Gasteiger partial charge is 0.250 e. The maximum Gasteiger partial charge on any atom is 0.250 e. The number of pyridine rings is 1. The Bertz CT molecular complexity index is 540. The van der Waals surface area contributed by atoms with Gasteiger partial charge in [0.1, 0.15) is 5.82 Å². The highest BCUT2D eigenvalue weighted by Gasteiger charge is 2.02. The van der Waals surface area contributed by atoms with Crippen LogP contribution in [0.4, 0.5) is 11.5 Å². The maximum atomic E-state index is 10.9. The summed E-state index contributed by atoms with van der Waals surface area (Å²) in [5.41, 5.74) is 6.37. The molecule has 5 heteroatoms. The summed E-state index contributed by atoms with van der Waals surface area (Å²) in [5.74, 6) is 0.148. The molecule has 1 aromatic carbocycles. The van der Waals surface area contributed by atoms with Gasteiger partial charge in [0.15, 0.2) is 0 Å². The summed E-state index contributed by atoms with van der Waals surface area (Å²) in [6, 6.07) is 10.9. The molecule has 2 aromatic rings. The highest BCUT2D eigenvalue weighted by Crippen LogP contribution is 2.22. The first kappa shape index (κ1) is 11.5. The Balaban J connectivity index is 2.20. The van der Waals surface area contributed by atoms with Gasteiger partial charge in [-0.15, -0.1) is 12.6 Å². The van der Waals surface area contributed by atoms with Gasteiger partial charge in [0.2, 0.25) is 5.91 Å². The van der Waals surface area contributed by atoms with Gasteiger partial charge in [-0.25, -0.2) is 4.98 Å². The normalized spacial score (nSPS) is 9.94. The third kappa shape index (κ3) is 2.76. The first-order valence-electron chi connectivity index (χ1n) is 4.97. The Morgan fingerprint density at radius 2 is 2.00 bits per heavy atom. The lowest BCUT2D eigenvalue weighted by Gasteiger charge is -2.07. The molecule has 17 heavy (non-hydrogen) atoms. The van der Waals surface area contributed by atoms with Gasteiger partial charge in [0.25, 0.3) is 0 Å².